The van der Waals surface area contributed by atoms with Crippen molar-refractivity contribution >= 4 is 21.9 Å². The van der Waals surface area contributed by atoms with Crippen molar-refractivity contribution in [1.29, 1.82) is 0 Å². The van der Waals surface area contributed by atoms with Gasteiger partial charge < -0.3 is 10.1 Å². The minimum atomic E-state index is -0.0823. The van der Waals surface area contributed by atoms with E-state index in [9.17, 15) is 4.79 Å². The van der Waals surface area contributed by atoms with Crippen molar-refractivity contribution in [1.82, 2.24) is 10.3 Å². The molecule has 2 atom stereocenters. The fourth-order valence-corrected chi connectivity index (χ4v) is 2.44. The molecule has 0 aromatic carbocycles. The topological polar surface area (TPSA) is 51.2 Å². The second kappa shape index (κ2) is 6.29. The van der Waals surface area contributed by atoms with Crippen LogP contribution in [0.5, 0.6) is 0 Å². The lowest BCUT2D eigenvalue weighted by molar-refractivity contribution is -0.149. The van der Waals surface area contributed by atoms with Crippen LogP contribution in [0.4, 0.5) is 0 Å². The van der Waals surface area contributed by atoms with Gasteiger partial charge in [-0.1, -0.05) is 0 Å². The molecule has 18 heavy (non-hydrogen) atoms. The summed E-state index contributed by atoms with van der Waals surface area (Å²) in [6.07, 6.45) is 3.38. The molecular weight excluding hydrogens is 296 g/mol. The van der Waals surface area contributed by atoms with Crippen LogP contribution in [-0.4, -0.2) is 24.1 Å². The third kappa shape index (κ3) is 3.29. The number of halogens is 1. The smallest absolute Gasteiger partial charge is 0.309 e. The number of aromatic nitrogens is 1. The number of ether oxygens (including phenoxy) is 1. The highest BCUT2D eigenvalue weighted by Gasteiger charge is 2.29. The van der Waals surface area contributed by atoms with Gasteiger partial charge in [-0.15, -0.1) is 0 Å². The average molecular weight is 313 g/mol. The SMILES string of the molecule is CCOC(=O)C1CCNC(c2ccc(Br)cn2)C1. The molecule has 5 heteroatoms. The number of carbonyl (C=O) groups excluding carboxylic acids is 1. The zero-order valence-electron chi connectivity index (χ0n) is 10.4. The number of esters is 1. The summed E-state index contributed by atoms with van der Waals surface area (Å²) in [5, 5.41) is 3.40. The van der Waals surface area contributed by atoms with E-state index in [1.807, 2.05) is 19.1 Å². The predicted molar refractivity (Wildman–Crippen MR) is 72.0 cm³/mol. The molecule has 1 saturated heterocycles. The average Bonchev–Trinajstić information content (AvgIpc) is 2.40. The summed E-state index contributed by atoms with van der Waals surface area (Å²) in [5.41, 5.74) is 0.979. The lowest BCUT2D eigenvalue weighted by Gasteiger charge is -2.28. The van der Waals surface area contributed by atoms with Crippen LogP contribution in [0.1, 0.15) is 31.5 Å². The number of hydrogen-bond acceptors (Lipinski definition) is 4. The van der Waals surface area contributed by atoms with E-state index >= 15 is 0 Å². The molecule has 1 aromatic heterocycles. The molecule has 0 amide bonds. The van der Waals surface area contributed by atoms with Crippen molar-refractivity contribution in [3.63, 3.8) is 0 Å². The van der Waals surface area contributed by atoms with Crippen LogP contribution >= 0.6 is 15.9 Å². The lowest BCUT2D eigenvalue weighted by Crippen LogP contribution is -2.36. The third-order valence-electron chi connectivity index (χ3n) is 3.13. The molecular formula is C13H17BrN2O2. The van der Waals surface area contributed by atoms with Crippen LogP contribution in [-0.2, 0) is 9.53 Å². The monoisotopic (exact) mass is 312 g/mol. The van der Waals surface area contributed by atoms with E-state index in [-0.39, 0.29) is 17.9 Å². The molecule has 98 valence electrons. The zero-order chi connectivity index (χ0) is 13.0. The van der Waals surface area contributed by atoms with Crippen molar-refractivity contribution in [3.05, 3.63) is 28.5 Å². The summed E-state index contributed by atoms with van der Waals surface area (Å²) in [6, 6.07) is 4.09. The number of carbonyl (C=O) groups is 1. The van der Waals surface area contributed by atoms with Crippen molar-refractivity contribution in [3.8, 4) is 0 Å². The predicted octanol–water partition coefficient (Wildman–Crippen LogP) is 2.45. The van der Waals surface area contributed by atoms with Crippen molar-refractivity contribution in [2.45, 2.75) is 25.8 Å². The first kappa shape index (κ1) is 13.5. The highest BCUT2D eigenvalue weighted by atomic mass is 79.9. The fourth-order valence-electron chi connectivity index (χ4n) is 2.21. The highest BCUT2D eigenvalue weighted by Crippen LogP contribution is 2.27. The first-order valence-corrected chi connectivity index (χ1v) is 7.01. The standard InChI is InChI=1S/C13H17BrN2O2/c1-2-18-13(17)9-5-6-15-12(7-9)11-4-3-10(14)8-16-11/h3-4,8-9,12,15H,2,5-7H2,1H3. The molecule has 1 N–H and O–H groups in total. The van der Waals surface area contributed by atoms with Gasteiger partial charge in [0.05, 0.1) is 24.3 Å². The maximum Gasteiger partial charge on any atom is 0.309 e. The Morgan fingerprint density at radius 1 is 1.61 bits per heavy atom. The van der Waals surface area contributed by atoms with Gasteiger partial charge >= 0.3 is 5.97 Å². The van der Waals surface area contributed by atoms with Gasteiger partial charge in [-0.2, -0.15) is 0 Å². The number of nitrogens with zero attached hydrogens (tertiary/aromatic N) is 1. The minimum absolute atomic E-state index is 0.0124. The number of pyridine rings is 1. The van der Waals surface area contributed by atoms with E-state index in [1.54, 1.807) is 6.20 Å². The molecule has 2 unspecified atom stereocenters. The first-order valence-electron chi connectivity index (χ1n) is 6.22. The summed E-state index contributed by atoms with van der Waals surface area (Å²) in [6.45, 7) is 3.11. The van der Waals surface area contributed by atoms with Gasteiger partial charge in [0, 0.05) is 10.7 Å². The molecule has 2 rings (SSSR count). The van der Waals surface area contributed by atoms with Crippen molar-refractivity contribution < 1.29 is 9.53 Å². The van der Waals surface area contributed by atoms with E-state index in [0.29, 0.717) is 6.61 Å². The van der Waals surface area contributed by atoms with Gasteiger partial charge in [0.15, 0.2) is 0 Å². The Hall–Kier alpha value is -0.940. The van der Waals surface area contributed by atoms with Crippen molar-refractivity contribution in [2.75, 3.05) is 13.2 Å². The number of rotatable bonds is 3. The van der Waals surface area contributed by atoms with Gasteiger partial charge in [0.1, 0.15) is 0 Å². The van der Waals surface area contributed by atoms with Crippen molar-refractivity contribution in [2.24, 2.45) is 5.92 Å². The van der Waals surface area contributed by atoms with E-state index in [4.69, 9.17) is 4.74 Å². The number of hydrogen-bond donors (Lipinski definition) is 1. The van der Waals surface area contributed by atoms with Crippen LogP contribution < -0.4 is 5.32 Å². The van der Waals surface area contributed by atoms with Gasteiger partial charge in [-0.25, -0.2) is 0 Å². The Labute approximate surface area is 115 Å². The van der Waals surface area contributed by atoms with E-state index in [2.05, 4.69) is 26.2 Å². The second-order valence-electron chi connectivity index (χ2n) is 4.38. The molecule has 0 bridgehead atoms. The maximum atomic E-state index is 11.8. The third-order valence-corrected chi connectivity index (χ3v) is 3.60. The van der Waals surface area contributed by atoms with Gasteiger partial charge in [0.25, 0.3) is 0 Å². The quantitative estimate of drug-likeness (QED) is 0.871. The lowest BCUT2D eigenvalue weighted by atomic mass is 9.91. The Balaban J connectivity index is 2.02. The summed E-state index contributed by atoms with van der Waals surface area (Å²) >= 11 is 3.37. The second-order valence-corrected chi connectivity index (χ2v) is 5.30. The molecule has 1 aromatic rings. The van der Waals surface area contributed by atoms with Crippen LogP contribution in [0.2, 0.25) is 0 Å². The highest BCUT2D eigenvalue weighted by molar-refractivity contribution is 9.10. The Morgan fingerprint density at radius 3 is 3.11 bits per heavy atom. The fraction of sp³-hybridized carbons (Fsp3) is 0.538. The number of nitrogens with one attached hydrogen (secondary N) is 1. The van der Waals surface area contributed by atoms with Crippen LogP contribution in [0, 0.1) is 5.92 Å². The number of piperidine rings is 1. The zero-order valence-corrected chi connectivity index (χ0v) is 11.9. The molecule has 2 heterocycles. The Bertz CT molecular complexity index is 408. The molecule has 1 fully saturated rings. The minimum Gasteiger partial charge on any atom is -0.466 e. The normalized spacial score (nSPS) is 23.7. The molecule has 0 spiro atoms. The van der Waals surface area contributed by atoms with Gasteiger partial charge in [-0.05, 0) is 54.4 Å². The Morgan fingerprint density at radius 2 is 2.44 bits per heavy atom. The largest absolute Gasteiger partial charge is 0.466 e. The van der Waals surface area contributed by atoms with Crippen LogP contribution in [0.15, 0.2) is 22.8 Å². The van der Waals surface area contributed by atoms with Gasteiger partial charge in [0.2, 0.25) is 0 Å². The molecule has 0 aliphatic carbocycles. The summed E-state index contributed by atoms with van der Waals surface area (Å²) < 4.78 is 6.05. The molecule has 0 radical (unpaired) electrons. The van der Waals surface area contributed by atoms with Gasteiger partial charge in [-0.3, -0.25) is 9.78 Å². The maximum absolute atomic E-state index is 11.8. The Kier molecular flexibility index (Phi) is 4.72. The molecule has 1 aliphatic heterocycles. The molecule has 1 aliphatic rings. The summed E-state index contributed by atoms with van der Waals surface area (Å²) in [5.74, 6) is -0.0947. The van der Waals surface area contributed by atoms with Crippen LogP contribution in [0.3, 0.4) is 0 Å². The van der Waals surface area contributed by atoms with E-state index in [0.717, 1.165) is 29.6 Å². The molecule has 0 saturated carbocycles. The van der Waals surface area contributed by atoms with E-state index < -0.39 is 0 Å². The molecule has 4 nitrogen and oxygen atoms in total. The van der Waals surface area contributed by atoms with E-state index in [1.165, 1.54) is 0 Å². The first-order chi connectivity index (χ1) is 8.70. The summed E-state index contributed by atoms with van der Waals surface area (Å²) in [7, 11) is 0. The van der Waals surface area contributed by atoms with Crippen LogP contribution in [0.25, 0.3) is 0 Å². The summed E-state index contributed by atoms with van der Waals surface area (Å²) in [4.78, 5) is 16.1.